The first-order valence-corrected chi connectivity index (χ1v) is 7.15. The van der Waals surface area contributed by atoms with Crippen molar-refractivity contribution < 1.29 is 0 Å². The van der Waals surface area contributed by atoms with Crippen LogP contribution in [0.4, 0.5) is 5.69 Å². The quantitative estimate of drug-likeness (QED) is 0.787. The van der Waals surface area contributed by atoms with Crippen LogP contribution in [0.3, 0.4) is 0 Å². The van der Waals surface area contributed by atoms with Crippen molar-refractivity contribution in [2.24, 2.45) is 5.73 Å². The number of likely N-dealkylation sites (N-methyl/N-ethyl adjacent to an activating group) is 1. The summed E-state index contributed by atoms with van der Waals surface area (Å²) in [6.07, 6.45) is 0. The smallest absolute Gasteiger partial charge is 0.106 e. The van der Waals surface area contributed by atoms with Gasteiger partial charge in [-0.15, -0.1) is 0 Å². The summed E-state index contributed by atoms with van der Waals surface area (Å²) in [7, 11) is 2.11. The van der Waals surface area contributed by atoms with Gasteiger partial charge in [-0.25, -0.2) is 0 Å². The standard InChI is InChI=1S/C13H20BrN3S/c1-9(2)17(3)7-6-16-12-8-10(14)4-5-11(12)13(15)18/h4-5,8-9,16H,6-7H2,1-3H3,(H2,15,18). The van der Waals surface area contributed by atoms with Gasteiger partial charge in [0.05, 0.1) is 0 Å². The lowest BCUT2D eigenvalue weighted by atomic mass is 10.2. The Morgan fingerprint density at radius 2 is 2.17 bits per heavy atom. The van der Waals surface area contributed by atoms with Crippen LogP contribution in [0.2, 0.25) is 0 Å². The summed E-state index contributed by atoms with van der Waals surface area (Å²) >= 11 is 8.50. The number of anilines is 1. The molecule has 1 aromatic rings. The summed E-state index contributed by atoms with van der Waals surface area (Å²) in [4.78, 5) is 2.70. The second-order valence-corrected chi connectivity index (χ2v) is 5.91. The summed E-state index contributed by atoms with van der Waals surface area (Å²) in [6, 6.07) is 6.43. The molecule has 0 radical (unpaired) electrons. The fraction of sp³-hybridized carbons (Fsp3) is 0.462. The molecule has 0 heterocycles. The van der Waals surface area contributed by atoms with E-state index in [1.54, 1.807) is 0 Å². The zero-order chi connectivity index (χ0) is 13.7. The highest BCUT2D eigenvalue weighted by Gasteiger charge is 2.07. The second-order valence-electron chi connectivity index (χ2n) is 4.56. The van der Waals surface area contributed by atoms with E-state index in [1.165, 1.54) is 0 Å². The predicted molar refractivity (Wildman–Crippen MR) is 86.3 cm³/mol. The first-order chi connectivity index (χ1) is 8.41. The van der Waals surface area contributed by atoms with Gasteiger partial charge in [0, 0.05) is 34.9 Å². The van der Waals surface area contributed by atoms with Gasteiger partial charge in [0.25, 0.3) is 0 Å². The molecule has 0 aliphatic rings. The molecule has 0 spiro atoms. The zero-order valence-corrected chi connectivity index (χ0v) is 13.4. The van der Waals surface area contributed by atoms with E-state index < -0.39 is 0 Å². The third-order valence-corrected chi connectivity index (χ3v) is 3.62. The van der Waals surface area contributed by atoms with Crippen molar-refractivity contribution >= 4 is 38.8 Å². The molecule has 0 saturated heterocycles. The Morgan fingerprint density at radius 1 is 1.50 bits per heavy atom. The number of nitrogens with zero attached hydrogens (tertiary/aromatic N) is 1. The number of hydrogen-bond donors (Lipinski definition) is 2. The van der Waals surface area contributed by atoms with E-state index in [0.717, 1.165) is 28.8 Å². The molecule has 1 aromatic carbocycles. The van der Waals surface area contributed by atoms with Crippen LogP contribution in [0.1, 0.15) is 19.4 Å². The molecular weight excluding hydrogens is 310 g/mol. The number of hydrogen-bond acceptors (Lipinski definition) is 3. The molecule has 0 bridgehead atoms. The van der Waals surface area contributed by atoms with Crippen molar-refractivity contribution in [2.75, 3.05) is 25.5 Å². The van der Waals surface area contributed by atoms with Gasteiger partial charge in [-0.2, -0.15) is 0 Å². The van der Waals surface area contributed by atoms with Gasteiger partial charge in [-0.05, 0) is 39.1 Å². The van der Waals surface area contributed by atoms with Gasteiger partial charge in [0.1, 0.15) is 4.99 Å². The zero-order valence-electron chi connectivity index (χ0n) is 11.0. The Kier molecular flexibility index (Phi) is 6.05. The molecule has 100 valence electrons. The lowest BCUT2D eigenvalue weighted by molar-refractivity contribution is 0.284. The van der Waals surface area contributed by atoms with Crippen molar-refractivity contribution in [3.63, 3.8) is 0 Å². The van der Waals surface area contributed by atoms with Crippen molar-refractivity contribution in [1.29, 1.82) is 0 Å². The molecule has 18 heavy (non-hydrogen) atoms. The van der Waals surface area contributed by atoms with Gasteiger partial charge < -0.3 is 16.0 Å². The fourth-order valence-corrected chi connectivity index (χ4v) is 2.04. The Morgan fingerprint density at radius 3 is 2.72 bits per heavy atom. The lowest BCUT2D eigenvalue weighted by Crippen LogP contribution is -2.31. The molecule has 3 nitrogen and oxygen atoms in total. The van der Waals surface area contributed by atoms with Crippen molar-refractivity contribution in [3.05, 3.63) is 28.2 Å². The van der Waals surface area contributed by atoms with E-state index in [9.17, 15) is 0 Å². The largest absolute Gasteiger partial charge is 0.389 e. The Hall–Kier alpha value is -0.650. The first kappa shape index (κ1) is 15.4. The lowest BCUT2D eigenvalue weighted by Gasteiger charge is -2.21. The number of halogens is 1. The van der Waals surface area contributed by atoms with E-state index in [0.29, 0.717) is 11.0 Å². The van der Waals surface area contributed by atoms with Crippen LogP contribution in [-0.2, 0) is 0 Å². The van der Waals surface area contributed by atoms with Gasteiger partial charge in [-0.1, -0.05) is 28.1 Å². The number of thiocarbonyl (C=S) groups is 1. The maximum Gasteiger partial charge on any atom is 0.106 e. The second kappa shape index (κ2) is 7.07. The van der Waals surface area contributed by atoms with Crippen molar-refractivity contribution in [1.82, 2.24) is 4.90 Å². The number of nitrogens with two attached hydrogens (primary N) is 1. The maximum atomic E-state index is 5.71. The Bertz CT molecular complexity index is 421. The van der Waals surface area contributed by atoms with E-state index in [-0.39, 0.29) is 0 Å². The number of rotatable bonds is 6. The molecule has 0 fully saturated rings. The van der Waals surface area contributed by atoms with Crippen LogP contribution in [0.15, 0.2) is 22.7 Å². The summed E-state index contributed by atoms with van der Waals surface area (Å²) in [5.74, 6) is 0. The highest BCUT2D eigenvalue weighted by atomic mass is 79.9. The molecule has 0 atom stereocenters. The van der Waals surface area contributed by atoms with Gasteiger partial charge in [-0.3, -0.25) is 0 Å². The highest BCUT2D eigenvalue weighted by Crippen LogP contribution is 2.21. The van der Waals surface area contributed by atoms with Gasteiger partial charge in [0.2, 0.25) is 0 Å². The number of nitrogens with one attached hydrogen (secondary N) is 1. The SMILES string of the molecule is CC(C)N(C)CCNc1cc(Br)ccc1C(N)=S. The highest BCUT2D eigenvalue weighted by molar-refractivity contribution is 9.10. The predicted octanol–water partition coefficient (Wildman–Crippen LogP) is 2.84. The molecule has 3 N–H and O–H groups in total. The molecule has 0 amide bonds. The van der Waals surface area contributed by atoms with Crippen LogP contribution in [0, 0.1) is 0 Å². The topological polar surface area (TPSA) is 41.3 Å². The average Bonchev–Trinajstić information content (AvgIpc) is 2.28. The minimum absolute atomic E-state index is 0.419. The minimum Gasteiger partial charge on any atom is -0.389 e. The Balaban J connectivity index is 2.66. The summed E-state index contributed by atoms with van der Waals surface area (Å²) in [5.41, 5.74) is 7.58. The molecule has 0 aromatic heterocycles. The van der Waals surface area contributed by atoms with Crippen molar-refractivity contribution in [2.45, 2.75) is 19.9 Å². The minimum atomic E-state index is 0.419. The average molecular weight is 330 g/mol. The monoisotopic (exact) mass is 329 g/mol. The van der Waals surface area contributed by atoms with Crippen LogP contribution in [-0.4, -0.2) is 36.1 Å². The van der Waals surface area contributed by atoms with Gasteiger partial charge in [0.15, 0.2) is 0 Å². The molecule has 0 saturated carbocycles. The molecule has 0 unspecified atom stereocenters. The molecule has 0 aliphatic carbocycles. The maximum absolute atomic E-state index is 5.71. The number of benzene rings is 1. The third-order valence-electron chi connectivity index (χ3n) is 2.91. The van der Waals surface area contributed by atoms with E-state index in [2.05, 4.69) is 47.0 Å². The molecular formula is C13H20BrN3S. The van der Waals surface area contributed by atoms with E-state index in [4.69, 9.17) is 18.0 Å². The van der Waals surface area contributed by atoms with E-state index in [1.807, 2.05) is 18.2 Å². The van der Waals surface area contributed by atoms with Crippen LogP contribution >= 0.6 is 28.1 Å². The Labute approximate surface area is 123 Å². The van der Waals surface area contributed by atoms with Crippen LogP contribution < -0.4 is 11.1 Å². The fourth-order valence-electron chi connectivity index (χ4n) is 1.50. The van der Waals surface area contributed by atoms with Gasteiger partial charge >= 0.3 is 0 Å². The third kappa shape index (κ3) is 4.55. The van der Waals surface area contributed by atoms with Crippen LogP contribution in [0.5, 0.6) is 0 Å². The summed E-state index contributed by atoms with van der Waals surface area (Å²) in [6.45, 7) is 6.20. The summed E-state index contributed by atoms with van der Waals surface area (Å²) < 4.78 is 1.02. The van der Waals surface area contributed by atoms with Crippen LogP contribution in [0.25, 0.3) is 0 Å². The normalized spacial score (nSPS) is 11.0. The molecule has 0 aliphatic heterocycles. The molecule has 1 rings (SSSR count). The van der Waals surface area contributed by atoms with E-state index >= 15 is 0 Å². The van der Waals surface area contributed by atoms with Crippen molar-refractivity contribution in [3.8, 4) is 0 Å². The first-order valence-electron chi connectivity index (χ1n) is 5.95. The summed E-state index contributed by atoms with van der Waals surface area (Å²) in [5, 5.41) is 3.38. The molecule has 5 heteroatoms.